The zero-order chi connectivity index (χ0) is 15.2. The molecule has 116 valence electrons. The summed E-state index contributed by atoms with van der Waals surface area (Å²) in [7, 11) is 0. The predicted octanol–water partition coefficient (Wildman–Crippen LogP) is 0.513. The first-order valence-corrected chi connectivity index (χ1v) is 6.39. The van der Waals surface area contributed by atoms with Crippen molar-refractivity contribution in [1.29, 1.82) is 0 Å². The topological polar surface area (TPSA) is 91.0 Å². The summed E-state index contributed by atoms with van der Waals surface area (Å²) in [6, 6.07) is 0. The van der Waals surface area contributed by atoms with E-state index in [1.165, 1.54) is 0 Å². The Kier molecular flexibility index (Phi) is 6.05. The molecule has 0 aromatic rings. The lowest BCUT2D eigenvalue weighted by Gasteiger charge is -2.27. The summed E-state index contributed by atoms with van der Waals surface area (Å²) in [5.74, 6) is -3.26. The average Bonchev–Trinajstić information content (AvgIpc) is 2.42. The molecule has 1 unspecified atom stereocenters. The minimum absolute atomic E-state index is 0.189. The molecule has 0 aliphatic carbocycles. The second-order valence-corrected chi connectivity index (χ2v) is 4.69. The van der Waals surface area contributed by atoms with E-state index in [1.54, 1.807) is 4.90 Å². The Bertz CT molecular complexity index is 354. The second-order valence-electron chi connectivity index (χ2n) is 4.69. The van der Waals surface area contributed by atoms with E-state index in [4.69, 9.17) is 10.9 Å². The number of hydrogen-bond donors (Lipinski definition) is 3. The minimum atomic E-state index is -4.63. The Balaban J connectivity index is 2.42. The zero-order valence-electron chi connectivity index (χ0n) is 11.0. The third-order valence-corrected chi connectivity index (χ3v) is 3.20. The van der Waals surface area contributed by atoms with Gasteiger partial charge in [-0.15, -0.1) is 0 Å². The lowest BCUT2D eigenvalue weighted by atomic mass is 10.1. The number of oxime groups is 1. The first-order valence-electron chi connectivity index (χ1n) is 6.39. The van der Waals surface area contributed by atoms with Crippen molar-refractivity contribution in [2.45, 2.75) is 25.4 Å². The van der Waals surface area contributed by atoms with Crippen molar-refractivity contribution >= 4 is 11.7 Å². The molecule has 1 saturated heterocycles. The number of hydrogen-bond acceptors (Lipinski definition) is 4. The van der Waals surface area contributed by atoms with Crippen LogP contribution in [0, 0.1) is 5.92 Å². The molecule has 6 nitrogen and oxygen atoms in total. The molecule has 1 rings (SSSR count). The number of likely N-dealkylation sites (tertiary alicyclic amines) is 1. The lowest BCUT2D eigenvalue weighted by molar-refractivity contribution is -0.155. The normalized spacial score (nSPS) is 18.9. The smallest absolute Gasteiger partial charge is 0.400 e. The number of carbonyl (C=O) groups is 1. The fourth-order valence-corrected chi connectivity index (χ4v) is 2.04. The van der Waals surface area contributed by atoms with Gasteiger partial charge in [0, 0.05) is 19.6 Å². The molecule has 0 spiro atoms. The standard InChI is InChI=1S/C11H19F3N4O2/c12-11(13,14)8(10(15)17-20)6-16-7-9(19)18-4-2-1-3-5-18/h8,16,20H,1-7H2,(H2,15,17). The number of amidine groups is 1. The van der Waals surface area contributed by atoms with E-state index in [0.29, 0.717) is 13.1 Å². The van der Waals surface area contributed by atoms with Crippen molar-refractivity contribution in [3.05, 3.63) is 0 Å². The third-order valence-electron chi connectivity index (χ3n) is 3.20. The highest BCUT2D eigenvalue weighted by Crippen LogP contribution is 2.25. The van der Waals surface area contributed by atoms with E-state index in [0.717, 1.165) is 19.3 Å². The molecule has 1 aliphatic rings. The highest BCUT2D eigenvalue weighted by Gasteiger charge is 2.42. The highest BCUT2D eigenvalue weighted by molar-refractivity contribution is 5.83. The van der Waals surface area contributed by atoms with Gasteiger partial charge in [-0.2, -0.15) is 13.2 Å². The second kappa shape index (κ2) is 7.32. The summed E-state index contributed by atoms with van der Waals surface area (Å²) >= 11 is 0. The van der Waals surface area contributed by atoms with E-state index in [2.05, 4.69) is 10.5 Å². The van der Waals surface area contributed by atoms with Crippen LogP contribution in [0.4, 0.5) is 13.2 Å². The fourth-order valence-electron chi connectivity index (χ4n) is 2.04. The van der Waals surface area contributed by atoms with E-state index < -0.39 is 24.5 Å². The number of nitrogens with two attached hydrogens (primary N) is 1. The summed E-state index contributed by atoms with van der Waals surface area (Å²) in [6.07, 6.45) is -1.73. The van der Waals surface area contributed by atoms with Crippen molar-refractivity contribution in [2.75, 3.05) is 26.2 Å². The van der Waals surface area contributed by atoms with E-state index in [9.17, 15) is 18.0 Å². The van der Waals surface area contributed by atoms with Crippen molar-refractivity contribution in [1.82, 2.24) is 10.2 Å². The van der Waals surface area contributed by atoms with Gasteiger partial charge >= 0.3 is 6.18 Å². The Labute approximate surface area is 114 Å². The van der Waals surface area contributed by atoms with Gasteiger partial charge in [-0.25, -0.2) is 0 Å². The third kappa shape index (κ3) is 4.87. The molecule has 9 heteroatoms. The van der Waals surface area contributed by atoms with Crippen LogP contribution in [0.25, 0.3) is 0 Å². The average molecular weight is 296 g/mol. The molecule has 0 aromatic carbocycles. The fraction of sp³-hybridized carbons (Fsp3) is 0.818. The maximum absolute atomic E-state index is 12.6. The van der Waals surface area contributed by atoms with Crippen LogP contribution in [0.15, 0.2) is 5.16 Å². The van der Waals surface area contributed by atoms with E-state index in [1.807, 2.05) is 0 Å². The molecular weight excluding hydrogens is 277 g/mol. The van der Waals surface area contributed by atoms with Gasteiger partial charge in [0.1, 0.15) is 5.92 Å². The first kappa shape index (κ1) is 16.5. The number of carbonyl (C=O) groups excluding carboxylic acids is 1. The van der Waals surface area contributed by atoms with E-state index >= 15 is 0 Å². The molecule has 0 bridgehead atoms. The van der Waals surface area contributed by atoms with Crippen LogP contribution in [-0.2, 0) is 4.79 Å². The molecule has 1 fully saturated rings. The SMILES string of the molecule is NC(=NO)C(CNCC(=O)N1CCCCC1)C(F)(F)F. The number of alkyl halides is 3. The predicted molar refractivity (Wildman–Crippen MR) is 66.3 cm³/mol. The molecule has 0 radical (unpaired) electrons. The van der Waals surface area contributed by atoms with Gasteiger partial charge < -0.3 is 21.2 Å². The van der Waals surface area contributed by atoms with Crippen molar-refractivity contribution < 1.29 is 23.2 Å². The van der Waals surface area contributed by atoms with Crippen molar-refractivity contribution in [3.63, 3.8) is 0 Å². The van der Waals surface area contributed by atoms with Crippen LogP contribution in [-0.4, -0.2) is 54.2 Å². The largest absolute Gasteiger partial charge is 0.409 e. The summed E-state index contributed by atoms with van der Waals surface area (Å²) in [6.45, 7) is 0.497. The van der Waals surface area contributed by atoms with Crippen LogP contribution in [0.5, 0.6) is 0 Å². The zero-order valence-corrected chi connectivity index (χ0v) is 11.0. The summed E-state index contributed by atoms with van der Waals surface area (Å²) < 4.78 is 37.9. The first-order chi connectivity index (χ1) is 9.36. The minimum Gasteiger partial charge on any atom is -0.409 e. The number of piperidine rings is 1. The summed E-state index contributed by atoms with van der Waals surface area (Å²) in [4.78, 5) is 13.4. The Morgan fingerprint density at radius 1 is 1.35 bits per heavy atom. The van der Waals surface area contributed by atoms with Gasteiger partial charge in [-0.1, -0.05) is 5.16 Å². The molecule has 1 aliphatic heterocycles. The van der Waals surface area contributed by atoms with Crippen LogP contribution in [0.3, 0.4) is 0 Å². The molecule has 0 saturated carbocycles. The maximum atomic E-state index is 12.6. The molecule has 4 N–H and O–H groups in total. The Morgan fingerprint density at radius 3 is 2.45 bits per heavy atom. The number of nitrogens with zero attached hydrogens (tertiary/aromatic N) is 2. The number of nitrogens with one attached hydrogen (secondary N) is 1. The van der Waals surface area contributed by atoms with Gasteiger partial charge in [-0.3, -0.25) is 4.79 Å². The van der Waals surface area contributed by atoms with Gasteiger partial charge in [0.15, 0.2) is 5.84 Å². The molecule has 1 amide bonds. The van der Waals surface area contributed by atoms with Crippen molar-refractivity contribution in [2.24, 2.45) is 16.8 Å². The number of halogens is 3. The molecule has 1 heterocycles. The van der Waals surface area contributed by atoms with Gasteiger partial charge in [0.25, 0.3) is 0 Å². The lowest BCUT2D eigenvalue weighted by Crippen LogP contribution is -2.46. The van der Waals surface area contributed by atoms with Crippen molar-refractivity contribution in [3.8, 4) is 0 Å². The van der Waals surface area contributed by atoms with Gasteiger partial charge in [0.2, 0.25) is 5.91 Å². The van der Waals surface area contributed by atoms with Crippen LogP contribution in [0.2, 0.25) is 0 Å². The molecular formula is C11H19F3N4O2. The monoisotopic (exact) mass is 296 g/mol. The molecule has 1 atom stereocenters. The summed E-state index contributed by atoms with van der Waals surface area (Å²) in [5.41, 5.74) is 5.01. The molecule has 0 aromatic heterocycles. The van der Waals surface area contributed by atoms with Gasteiger partial charge in [0.05, 0.1) is 6.54 Å². The Hall–Kier alpha value is -1.51. The quantitative estimate of drug-likeness (QED) is 0.298. The highest BCUT2D eigenvalue weighted by atomic mass is 19.4. The Morgan fingerprint density at radius 2 is 1.95 bits per heavy atom. The maximum Gasteiger partial charge on any atom is 0.400 e. The van der Waals surface area contributed by atoms with Crippen LogP contribution in [0.1, 0.15) is 19.3 Å². The number of amides is 1. The number of rotatable bonds is 5. The van der Waals surface area contributed by atoms with E-state index in [-0.39, 0.29) is 12.5 Å². The van der Waals surface area contributed by atoms with Crippen LogP contribution < -0.4 is 11.1 Å². The van der Waals surface area contributed by atoms with Crippen LogP contribution >= 0.6 is 0 Å². The van der Waals surface area contributed by atoms with Gasteiger partial charge in [-0.05, 0) is 19.3 Å². The molecule has 20 heavy (non-hydrogen) atoms. The summed E-state index contributed by atoms with van der Waals surface area (Å²) in [5, 5.41) is 13.1.